The third-order valence-corrected chi connectivity index (χ3v) is 7.04. The van der Waals surface area contributed by atoms with E-state index >= 15 is 0 Å². The molecule has 3 aromatic carbocycles. The van der Waals surface area contributed by atoms with Gasteiger partial charge in [0.15, 0.2) is 0 Å². The molecule has 3 heterocycles. The van der Waals surface area contributed by atoms with Gasteiger partial charge in [-0.25, -0.2) is 4.79 Å². The highest BCUT2D eigenvalue weighted by Crippen LogP contribution is 2.39. The normalized spacial score (nSPS) is 15.1. The Hall–Kier alpha value is -4.30. The zero-order valence-corrected chi connectivity index (χ0v) is 19.3. The maximum atomic E-state index is 11.1. The van der Waals surface area contributed by atoms with Crippen molar-refractivity contribution in [2.24, 2.45) is 0 Å². The molecule has 35 heavy (non-hydrogen) atoms. The Kier molecular flexibility index (Phi) is 5.15. The summed E-state index contributed by atoms with van der Waals surface area (Å²) in [4.78, 5) is 13.7. The fourth-order valence-electron chi connectivity index (χ4n) is 5.39. The predicted octanol–water partition coefficient (Wildman–Crippen LogP) is 6.46. The minimum absolute atomic E-state index is 0.309. The molecular weight excluding hydrogens is 436 g/mol. The molecule has 5 heteroatoms. The number of carboxylic acid groups (broad SMARTS) is 1. The number of furan rings is 1. The SMILES string of the molecule is N#C/C(=C/c1ccc2cc(-c3ccc(-c4cc5c6c(c4)CCCN6CCC5)cc3)oc2c1)C(=O)O. The molecule has 0 bridgehead atoms. The van der Waals surface area contributed by atoms with Crippen LogP contribution in [0.3, 0.4) is 0 Å². The van der Waals surface area contributed by atoms with Crippen LogP contribution in [0.15, 0.2) is 70.7 Å². The summed E-state index contributed by atoms with van der Waals surface area (Å²) in [6.45, 7) is 2.37. The highest BCUT2D eigenvalue weighted by molar-refractivity contribution is 5.97. The number of carboxylic acids is 1. The van der Waals surface area contributed by atoms with E-state index in [1.165, 1.54) is 59.9 Å². The van der Waals surface area contributed by atoms with Crippen LogP contribution in [0.4, 0.5) is 5.69 Å². The molecule has 0 aliphatic carbocycles. The number of hydrogen-bond acceptors (Lipinski definition) is 4. The van der Waals surface area contributed by atoms with Crippen molar-refractivity contribution in [3.05, 3.63) is 82.9 Å². The van der Waals surface area contributed by atoms with E-state index in [1.807, 2.05) is 12.1 Å². The van der Waals surface area contributed by atoms with E-state index in [4.69, 9.17) is 14.8 Å². The van der Waals surface area contributed by atoms with E-state index in [0.717, 1.165) is 29.6 Å². The minimum atomic E-state index is -1.24. The minimum Gasteiger partial charge on any atom is -0.477 e. The lowest BCUT2D eigenvalue weighted by atomic mass is 9.88. The summed E-state index contributed by atoms with van der Waals surface area (Å²) in [7, 11) is 0. The van der Waals surface area contributed by atoms with Gasteiger partial charge in [-0.2, -0.15) is 5.26 Å². The predicted molar refractivity (Wildman–Crippen MR) is 137 cm³/mol. The van der Waals surface area contributed by atoms with Gasteiger partial charge in [-0.3, -0.25) is 0 Å². The number of aryl methyl sites for hydroxylation is 2. The van der Waals surface area contributed by atoms with E-state index in [2.05, 4.69) is 41.3 Å². The first-order chi connectivity index (χ1) is 17.1. The van der Waals surface area contributed by atoms with Crippen LogP contribution in [0.25, 0.3) is 39.5 Å². The number of nitriles is 1. The summed E-state index contributed by atoms with van der Waals surface area (Å²) in [6.07, 6.45) is 6.12. The number of rotatable bonds is 4. The number of aliphatic carboxylic acids is 1. The lowest BCUT2D eigenvalue weighted by Crippen LogP contribution is -2.34. The van der Waals surface area contributed by atoms with Crippen LogP contribution in [0.5, 0.6) is 0 Å². The lowest BCUT2D eigenvalue weighted by Gasteiger charge is -2.37. The molecule has 1 aromatic heterocycles. The molecule has 4 aromatic rings. The first kappa shape index (κ1) is 21.2. The van der Waals surface area contributed by atoms with Crippen molar-refractivity contribution in [3.8, 4) is 28.5 Å². The summed E-state index contributed by atoms with van der Waals surface area (Å²) in [5.74, 6) is -0.490. The van der Waals surface area contributed by atoms with Crippen LogP contribution in [0, 0.1) is 11.3 Å². The van der Waals surface area contributed by atoms with Crippen molar-refractivity contribution in [2.45, 2.75) is 25.7 Å². The second kappa shape index (κ2) is 8.48. The van der Waals surface area contributed by atoms with E-state index in [9.17, 15) is 4.79 Å². The van der Waals surface area contributed by atoms with Gasteiger partial charge in [-0.15, -0.1) is 0 Å². The zero-order valence-electron chi connectivity index (χ0n) is 19.3. The first-order valence-corrected chi connectivity index (χ1v) is 12.0. The van der Waals surface area contributed by atoms with Gasteiger partial charge < -0.3 is 14.4 Å². The highest BCUT2D eigenvalue weighted by atomic mass is 16.4. The van der Waals surface area contributed by atoms with E-state index < -0.39 is 5.97 Å². The largest absolute Gasteiger partial charge is 0.477 e. The number of benzene rings is 3. The fraction of sp³-hybridized carbons (Fsp3) is 0.200. The maximum absolute atomic E-state index is 11.1. The summed E-state index contributed by atoms with van der Waals surface area (Å²) in [5.41, 5.74) is 8.88. The average molecular weight is 461 g/mol. The molecule has 0 atom stereocenters. The Morgan fingerprint density at radius 1 is 0.914 bits per heavy atom. The molecule has 0 saturated carbocycles. The molecule has 0 fully saturated rings. The number of fused-ring (bicyclic) bond motifs is 1. The molecule has 0 unspecified atom stereocenters. The van der Waals surface area contributed by atoms with Crippen LogP contribution in [-0.4, -0.2) is 24.2 Å². The van der Waals surface area contributed by atoms with Gasteiger partial charge in [-0.1, -0.05) is 36.4 Å². The second-order valence-electron chi connectivity index (χ2n) is 9.30. The standard InChI is InChI=1S/C30H24N2O3/c31-18-26(30(33)34)13-19-5-6-22-17-28(35-27(22)14-19)21-9-7-20(8-10-21)25-15-23-3-1-11-32-12-2-4-24(16-25)29(23)32/h5-10,13-17H,1-4,11-12H2,(H,33,34)/b26-13-. The molecule has 5 nitrogen and oxygen atoms in total. The van der Waals surface area contributed by atoms with Crippen LogP contribution in [0.2, 0.25) is 0 Å². The third-order valence-electron chi connectivity index (χ3n) is 7.04. The Morgan fingerprint density at radius 2 is 1.60 bits per heavy atom. The second-order valence-corrected chi connectivity index (χ2v) is 9.30. The number of anilines is 1. The van der Waals surface area contributed by atoms with Crippen molar-refractivity contribution >= 4 is 28.7 Å². The molecule has 2 aliphatic rings. The van der Waals surface area contributed by atoms with Crippen molar-refractivity contribution in [1.82, 2.24) is 0 Å². The molecule has 0 spiro atoms. The molecule has 172 valence electrons. The third kappa shape index (κ3) is 3.87. The maximum Gasteiger partial charge on any atom is 0.346 e. The molecule has 0 saturated heterocycles. The quantitative estimate of drug-likeness (QED) is 0.279. The summed E-state index contributed by atoms with van der Waals surface area (Å²) >= 11 is 0. The molecule has 2 aliphatic heterocycles. The van der Waals surface area contributed by atoms with Gasteiger partial charge in [0.25, 0.3) is 0 Å². The monoisotopic (exact) mass is 460 g/mol. The van der Waals surface area contributed by atoms with Crippen LogP contribution in [0.1, 0.15) is 29.5 Å². The van der Waals surface area contributed by atoms with Gasteiger partial charge in [0.1, 0.15) is 23.0 Å². The first-order valence-electron chi connectivity index (χ1n) is 12.0. The lowest BCUT2D eigenvalue weighted by molar-refractivity contribution is -0.132. The van der Waals surface area contributed by atoms with Crippen molar-refractivity contribution in [1.29, 1.82) is 5.26 Å². The Morgan fingerprint density at radius 3 is 2.26 bits per heavy atom. The van der Waals surface area contributed by atoms with Crippen LogP contribution >= 0.6 is 0 Å². The molecule has 0 radical (unpaired) electrons. The highest BCUT2D eigenvalue weighted by Gasteiger charge is 2.24. The van der Waals surface area contributed by atoms with Gasteiger partial charge >= 0.3 is 5.97 Å². The van der Waals surface area contributed by atoms with Crippen molar-refractivity contribution in [2.75, 3.05) is 18.0 Å². The molecular formula is C30H24N2O3. The van der Waals surface area contributed by atoms with Crippen LogP contribution in [-0.2, 0) is 17.6 Å². The van der Waals surface area contributed by atoms with Gasteiger partial charge in [0.05, 0.1) is 0 Å². The number of hydrogen-bond donors (Lipinski definition) is 1. The van der Waals surface area contributed by atoms with E-state index in [0.29, 0.717) is 11.1 Å². The Bertz CT molecular complexity index is 1510. The van der Waals surface area contributed by atoms with Crippen molar-refractivity contribution in [3.63, 3.8) is 0 Å². The molecule has 1 N–H and O–H groups in total. The summed E-state index contributed by atoms with van der Waals surface area (Å²) in [5, 5.41) is 19.0. The Labute approximate surface area is 203 Å². The van der Waals surface area contributed by atoms with E-state index in [-0.39, 0.29) is 5.57 Å². The summed E-state index contributed by atoms with van der Waals surface area (Å²) < 4.78 is 6.08. The smallest absolute Gasteiger partial charge is 0.346 e. The zero-order chi connectivity index (χ0) is 23.9. The molecule has 0 amide bonds. The summed E-state index contributed by atoms with van der Waals surface area (Å²) in [6, 6.07) is 22.3. The number of nitrogens with zero attached hydrogens (tertiary/aromatic N) is 2. The Balaban J connectivity index is 1.31. The number of carbonyl (C=O) groups is 1. The topological polar surface area (TPSA) is 77.5 Å². The van der Waals surface area contributed by atoms with Gasteiger partial charge in [0.2, 0.25) is 0 Å². The average Bonchev–Trinajstić information content (AvgIpc) is 3.31. The van der Waals surface area contributed by atoms with E-state index in [1.54, 1.807) is 18.2 Å². The van der Waals surface area contributed by atoms with Crippen LogP contribution < -0.4 is 4.90 Å². The van der Waals surface area contributed by atoms with Crippen molar-refractivity contribution < 1.29 is 14.3 Å². The van der Waals surface area contributed by atoms with Gasteiger partial charge in [-0.05, 0) is 83.8 Å². The molecule has 6 rings (SSSR count). The fourth-order valence-corrected chi connectivity index (χ4v) is 5.39. The van der Waals surface area contributed by atoms with Gasteiger partial charge in [0, 0.05) is 29.7 Å².